The van der Waals surface area contributed by atoms with E-state index < -0.39 is 0 Å². The van der Waals surface area contributed by atoms with Crippen molar-refractivity contribution in [3.63, 3.8) is 0 Å². The maximum Gasteiger partial charge on any atom is 0.273 e. The molecule has 1 aliphatic heterocycles. The molecule has 1 N–H and O–H groups in total. The maximum absolute atomic E-state index is 12.5. The fraction of sp³-hybridized carbons (Fsp3) is 0.474. The highest BCUT2D eigenvalue weighted by Crippen LogP contribution is 2.35. The largest absolute Gasteiger partial charge is 0.486 e. The van der Waals surface area contributed by atoms with Crippen molar-refractivity contribution in [2.45, 2.75) is 25.8 Å². The normalized spacial score (nSPS) is 15.9. The summed E-state index contributed by atoms with van der Waals surface area (Å²) >= 11 is 0. The minimum Gasteiger partial charge on any atom is -0.486 e. The molecule has 2 heterocycles. The Morgan fingerprint density at radius 3 is 2.85 bits per heavy atom. The van der Waals surface area contributed by atoms with Crippen LogP contribution in [0.4, 0.5) is 0 Å². The summed E-state index contributed by atoms with van der Waals surface area (Å²) in [5, 5.41) is 2.95. The fourth-order valence-corrected chi connectivity index (χ4v) is 3.23. The second-order valence-corrected chi connectivity index (χ2v) is 6.50. The first kappa shape index (κ1) is 16.9. The highest BCUT2D eigenvalue weighted by molar-refractivity contribution is 5.97. The van der Waals surface area contributed by atoms with Crippen molar-refractivity contribution in [1.29, 1.82) is 0 Å². The molecule has 7 heteroatoms. The summed E-state index contributed by atoms with van der Waals surface area (Å²) in [5.41, 5.74) is 1.03. The molecule has 138 valence electrons. The number of hydrogen-bond donors (Lipinski definition) is 1. The van der Waals surface area contributed by atoms with Crippen LogP contribution >= 0.6 is 0 Å². The number of likely N-dealkylation sites (N-methyl/N-ethyl adjacent to an activating group) is 1. The molecular formula is C19H23N3O4. The zero-order valence-electron chi connectivity index (χ0n) is 14.9. The molecule has 7 nitrogen and oxygen atoms in total. The van der Waals surface area contributed by atoms with Gasteiger partial charge in [0.05, 0.1) is 0 Å². The van der Waals surface area contributed by atoms with E-state index in [1.807, 2.05) is 18.2 Å². The van der Waals surface area contributed by atoms with Crippen LogP contribution in [-0.2, 0) is 0 Å². The first-order valence-electron chi connectivity index (χ1n) is 9.12. The first-order chi connectivity index (χ1) is 12.8. The van der Waals surface area contributed by atoms with Gasteiger partial charge in [0.25, 0.3) is 5.91 Å². The minimum atomic E-state index is -0.226. The molecule has 1 aromatic heterocycles. The lowest BCUT2D eigenvalue weighted by Crippen LogP contribution is -2.36. The van der Waals surface area contributed by atoms with Crippen LogP contribution in [0.2, 0.25) is 0 Å². The lowest BCUT2D eigenvalue weighted by molar-refractivity contribution is 0.0944. The Morgan fingerprint density at radius 2 is 2.08 bits per heavy atom. The van der Waals surface area contributed by atoms with E-state index in [0.717, 1.165) is 18.7 Å². The van der Waals surface area contributed by atoms with E-state index in [0.29, 0.717) is 43.1 Å². The Labute approximate surface area is 152 Å². The first-order valence-corrected chi connectivity index (χ1v) is 9.12. The average Bonchev–Trinajstić information content (AvgIpc) is 3.40. The number of ether oxygens (including phenoxy) is 2. The predicted octanol–water partition coefficient (Wildman–Crippen LogP) is 2.33. The smallest absolute Gasteiger partial charge is 0.273 e. The van der Waals surface area contributed by atoms with E-state index in [9.17, 15) is 4.79 Å². The van der Waals surface area contributed by atoms with Gasteiger partial charge >= 0.3 is 0 Å². The third kappa shape index (κ3) is 3.53. The molecule has 1 saturated carbocycles. The Bertz CT molecular complexity index is 785. The van der Waals surface area contributed by atoms with Gasteiger partial charge in [0.1, 0.15) is 13.2 Å². The summed E-state index contributed by atoms with van der Waals surface area (Å²) in [6.07, 6.45) is 3.82. The molecule has 26 heavy (non-hydrogen) atoms. The molecule has 0 bridgehead atoms. The summed E-state index contributed by atoms with van der Waals surface area (Å²) in [7, 11) is 0. The van der Waals surface area contributed by atoms with Crippen molar-refractivity contribution in [3.8, 4) is 22.8 Å². The summed E-state index contributed by atoms with van der Waals surface area (Å²) in [6.45, 7) is 5.65. The predicted molar refractivity (Wildman–Crippen MR) is 95.5 cm³/mol. The lowest BCUT2D eigenvalue weighted by Gasteiger charge is -2.19. The standard InChI is InChI=1S/C19H23N3O4/c1-2-22(14-4-5-14)8-7-20-19(23)17-18(26-12-21-17)13-3-6-15-16(11-13)25-10-9-24-15/h3,6,11-12,14H,2,4-5,7-10H2,1H3,(H,20,23). The number of aromatic nitrogens is 1. The number of carbonyl (C=O) groups is 1. The molecule has 1 aliphatic carbocycles. The van der Waals surface area contributed by atoms with Gasteiger partial charge in [-0.1, -0.05) is 6.92 Å². The van der Waals surface area contributed by atoms with Crippen LogP contribution in [-0.4, -0.2) is 54.7 Å². The maximum atomic E-state index is 12.5. The van der Waals surface area contributed by atoms with Crippen molar-refractivity contribution in [2.75, 3.05) is 32.8 Å². The van der Waals surface area contributed by atoms with Crippen LogP contribution in [0.25, 0.3) is 11.3 Å². The van der Waals surface area contributed by atoms with E-state index in [1.54, 1.807) is 0 Å². The Morgan fingerprint density at radius 1 is 1.27 bits per heavy atom. The van der Waals surface area contributed by atoms with Gasteiger partial charge in [0.2, 0.25) is 0 Å². The van der Waals surface area contributed by atoms with Crippen LogP contribution in [0.3, 0.4) is 0 Å². The molecule has 2 aromatic rings. The van der Waals surface area contributed by atoms with Crippen molar-refractivity contribution in [3.05, 3.63) is 30.3 Å². The fourth-order valence-electron chi connectivity index (χ4n) is 3.23. The molecule has 1 fully saturated rings. The van der Waals surface area contributed by atoms with Crippen LogP contribution in [0.5, 0.6) is 11.5 Å². The number of hydrogen-bond acceptors (Lipinski definition) is 6. The quantitative estimate of drug-likeness (QED) is 0.820. The van der Waals surface area contributed by atoms with E-state index in [1.165, 1.54) is 19.2 Å². The van der Waals surface area contributed by atoms with Crippen LogP contribution in [0, 0.1) is 0 Å². The summed E-state index contributed by atoms with van der Waals surface area (Å²) in [4.78, 5) is 19.0. The summed E-state index contributed by atoms with van der Waals surface area (Å²) in [5.74, 6) is 1.56. The van der Waals surface area contributed by atoms with Crippen molar-refractivity contribution < 1.29 is 18.7 Å². The average molecular weight is 357 g/mol. The second-order valence-electron chi connectivity index (χ2n) is 6.50. The van der Waals surface area contributed by atoms with E-state index >= 15 is 0 Å². The second kappa shape index (κ2) is 7.37. The topological polar surface area (TPSA) is 76.8 Å². The van der Waals surface area contributed by atoms with Crippen LogP contribution < -0.4 is 14.8 Å². The van der Waals surface area contributed by atoms with Crippen molar-refractivity contribution in [1.82, 2.24) is 15.2 Å². The molecule has 1 amide bonds. The van der Waals surface area contributed by atoms with Gasteiger partial charge < -0.3 is 19.2 Å². The number of nitrogens with one attached hydrogen (secondary N) is 1. The van der Waals surface area contributed by atoms with Crippen LogP contribution in [0.15, 0.2) is 29.0 Å². The zero-order chi connectivity index (χ0) is 17.9. The Hall–Kier alpha value is -2.54. The van der Waals surface area contributed by atoms with Gasteiger partial charge in [-0.2, -0.15) is 0 Å². The molecule has 0 atom stereocenters. The monoisotopic (exact) mass is 357 g/mol. The Balaban J connectivity index is 1.43. The molecule has 0 unspecified atom stereocenters. The number of fused-ring (bicyclic) bond motifs is 1. The summed E-state index contributed by atoms with van der Waals surface area (Å²) in [6, 6.07) is 6.18. The molecule has 4 rings (SSSR count). The molecule has 1 aromatic carbocycles. The molecule has 2 aliphatic rings. The summed E-state index contributed by atoms with van der Waals surface area (Å²) < 4.78 is 16.6. The van der Waals surface area contributed by atoms with Gasteiger partial charge in [-0.15, -0.1) is 0 Å². The highest BCUT2D eigenvalue weighted by Gasteiger charge is 2.27. The highest BCUT2D eigenvalue weighted by atomic mass is 16.6. The van der Waals surface area contributed by atoms with Crippen LogP contribution in [0.1, 0.15) is 30.3 Å². The number of carbonyl (C=O) groups excluding carboxylic acids is 1. The van der Waals surface area contributed by atoms with Gasteiger partial charge in [-0.3, -0.25) is 9.69 Å². The molecule has 0 radical (unpaired) electrons. The number of benzene rings is 1. The third-order valence-electron chi connectivity index (χ3n) is 4.74. The minimum absolute atomic E-state index is 0.226. The SMILES string of the molecule is CCN(CCNC(=O)c1ncoc1-c1ccc2c(c1)OCCO2)C1CC1. The van der Waals surface area contributed by atoms with Gasteiger partial charge in [0, 0.05) is 24.7 Å². The molecule has 0 saturated heterocycles. The van der Waals surface area contributed by atoms with E-state index in [4.69, 9.17) is 13.9 Å². The van der Waals surface area contributed by atoms with E-state index in [-0.39, 0.29) is 11.6 Å². The molecular weight excluding hydrogens is 334 g/mol. The zero-order valence-corrected chi connectivity index (χ0v) is 14.9. The molecule has 0 spiro atoms. The number of oxazole rings is 1. The lowest BCUT2D eigenvalue weighted by atomic mass is 10.1. The van der Waals surface area contributed by atoms with Gasteiger partial charge in [0.15, 0.2) is 29.3 Å². The van der Waals surface area contributed by atoms with Gasteiger partial charge in [-0.25, -0.2) is 4.98 Å². The number of nitrogens with zero attached hydrogens (tertiary/aromatic N) is 2. The number of rotatable bonds is 7. The Kier molecular flexibility index (Phi) is 4.79. The van der Waals surface area contributed by atoms with Gasteiger partial charge in [-0.05, 0) is 37.6 Å². The van der Waals surface area contributed by atoms with E-state index in [2.05, 4.69) is 22.1 Å². The number of amides is 1. The van der Waals surface area contributed by atoms with Crippen molar-refractivity contribution >= 4 is 5.91 Å². The third-order valence-corrected chi connectivity index (χ3v) is 4.74. The van der Waals surface area contributed by atoms with Crippen molar-refractivity contribution in [2.24, 2.45) is 0 Å².